The molecule has 0 aromatic heterocycles. The van der Waals surface area contributed by atoms with E-state index in [0.29, 0.717) is 5.56 Å². The molecule has 0 aliphatic carbocycles. The van der Waals surface area contributed by atoms with E-state index < -0.39 is 5.91 Å². The Hall–Kier alpha value is -2.36. The van der Waals surface area contributed by atoms with Crippen LogP contribution in [0.5, 0.6) is 0 Å². The molecule has 0 saturated carbocycles. The number of hydrogen-bond donors (Lipinski definition) is 0. The summed E-state index contributed by atoms with van der Waals surface area (Å²) in [6.45, 7) is 8.19. The third-order valence-corrected chi connectivity index (χ3v) is 7.23. The Bertz CT molecular complexity index is 1300. The van der Waals surface area contributed by atoms with Gasteiger partial charge in [0.25, 0.3) is 0 Å². The van der Waals surface area contributed by atoms with Crippen LogP contribution in [0.25, 0.3) is 16.5 Å². The van der Waals surface area contributed by atoms with Gasteiger partial charge in [-0.1, -0.05) is 123 Å². The zero-order valence-corrected chi connectivity index (χ0v) is 28.3. The molecule has 0 fully saturated rings. The summed E-state index contributed by atoms with van der Waals surface area (Å²) in [7, 11) is 0.777. The van der Waals surface area contributed by atoms with Crippen molar-refractivity contribution in [2.24, 2.45) is 0 Å². The summed E-state index contributed by atoms with van der Waals surface area (Å²) in [5.41, 5.74) is 9.92. The molecule has 1 amide bonds. The summed E-state index contributed by atoms with van der Waals surface area (Å²) >= 11 is 0. The molecule has 0 spiro atoms. The summed E-state index contributed by atoms with van der Waals surface area (Å²) in [5.74, 6) is 0.00370. The predicted octanol–water partition coefficient (Wildman–Crippen LogP) is 2.03. The summed E-state index contributed by atoms with van der Waals surface area (Å²) < 4.78 is 0. The van der Waals surface area contributed by atoms with Crippen molar-refractivity contribution in [3.63, 3.8) is 0 Å². The number of rotatable bonds is 5. The van der Waals surface area contributed by atoms with Crippen molar-refractivity contribution in [3.8, 4) is 0 Å². The Balaban J connectivity index is 0.000000562. The van der Waals surface area contributed by atoms with Crippen molar-refractivity contribution >= 4 is 36.6 Å². The molecule has 2 nitrogen and oxygen atoms in total. The molecule has 40 heavy (non-hydrogen) atoms. The summed E-state index contributed by atoms with van der Waals surface area (Å²) in [4.78, 5) is 11.4. The molecule has 0 saturated heterocycles. The van der Waals surface area contributed by atoms with Crippen LogP contribution in [0.1, 0.15) is 61.0 Å². The second kappa shape index (κ2) is 19.7. The Kier molecular flexibility index (Phi) is 18.5. The average molecular weight is 664 g/mol. The van der Waals surface area contributed by atoms with Crippen molar-refractivity contribution in [1.82, 2.24) is 0 Å². The first-order valence-corrected chi connectivity index (χ1v) is 13.7. The zero-order chi connectivity index (χ0) is 26.6. The molecule has 6 heteroatoms. The van der Waals surface area contributed by atoms with Gasteiger partial charge in [0.15, 0.2) is 0 Å². The van der Waals surface area contributed by atoms with Crippen LogP contribution in [-0.4, -0.2) is 15.4 Å². The quantitative estimate of drug-likeness (QED) is 0.210. The smallest absolute Gasteiger partial charge is 1.00 e. The first kappa shape index (κ1) is 37.6. The fraction of sp³-hybridized carbons (Fsp3) is 0.176. The first-order chi connectivity index (χ1) is 17.9. The number of nitrogens with one attached hydrogen (secondary N) is 1. The molecule has 0 aliphatic heterocycles. The van der Waals surface area contributed by atoms with Gasteiger partial charge in [-0.15, -0.1) is 29.7 Å². The van der Waals surface area contributed by atoms with E-state index in [0.717, 1.165) is 20.6 Å². The van der Waals surface area contributed by atoms with E-state index in [9.17, 15) is 4.79 Å². The first-order valence-electron chi connectivity index (χ1n) is 12.7. The van der Waals surface area contributed by atoms with Crippen LogP contribution < -0.4 is 35.2 Å². The Labute approximate surface area is 273 Å². The second-order valence-corrected chi connectivity index (χ2v) is 10.9. The van der Waals surface area contributed by atoms with E-state index >= 15 is 0 Å². The number of halogens is 2. The van der Waals surface area contributed by atoms with Gasteiger partial charge in [-0.2, -0.15) is 17.5 Å². The summed E-state index contributed by atoms with van der Waals surface area (Å²) in [6.07, 6.45) is 0. The normalized spacial score (nSPS) is 9.65. The third-order valence-electron chi connectivity index (χ3n) is 5.98. The van der Waals surface area contributed by atoms with E-state index in [-0.39, 0.29) is 62.9 Å². The van der Waals surface area contributed by atoms with E-state index in [4.69, 9.17) is 5.73 Å². The van der Waals surface area contributed by atoms with Gasteiger partial charge in [0.1, 0.15) is 9.52 Å². The van der Waals surface area contributed by atoms with Gasteiger partial charge >= 0.3 is 26.2 Å². The Morgan fingerprint density at radius 3 is 1.52 bits per heavy atom. The molecule has 0 atom stereocenters. The van der Waals surface area contributed by atoms with Gasteiger partial charge in [0.2, 0.25) is 0 Å². The summed E-state index contributed by atoms with van der Waals surface area (Å²) in [6, 6.07) is 41.7. The predicted molar refractivity (Wildman–Crippen MR) is 161 cm³/mol. The fourth-order valence-corrected chi connectivity index (χ4v) is 5.14. The Morgan fingerprint density at radius 1 is 0.650 bits per heavy atom. The molecule has 0 bridgehead atoms. The van der Waals surface area contributed by atoms with Crippen molar-refractivity contribution in [1.29, 1.82) is 0 Å². The summed E-state index contributed by atoms with van der Waals surface area (Å²) in [5, 5.41) is 5.46. The molecule has 5 aromatic rings. The van der Waals surface area contributed by atoms with E-state index in [1.807, 2.05) is 45.9 Å². The van der Waals surface area contributed by atoms with Crippen LogP contribution in [0.15, 0.2) is 121 Å². The largest absolute Gasteiger partial charge is 4.00 e. The van der Waals surface area contributed by atoms with E-state index in [1.165, 1.54) is 21.1 Å². The zero-order valence-electron chi connectivity index (χ0n) is 23.4. The van der Waals surface area contributed by atoms with Gasteiger partial charge < -0.3 is 35.3 Å². The minimum atomic E-state index is -0.567. The molecule has 2 radical (unpaired) electrons. The molecular weight excluding hydrogens is 629 g/mol. The topological polar surface area (TPSA) is 40.9 Å². The Morgan fingerprint density at radius 2 is 1.10 bits per heavy atom. The molecule has 1 N–H and O–H groups in total. The maximum Gasteiger partial charge on any atom is 4.00 e. The van der Waals surface area contributed by atoms with Crippen molar-refractivity contribution in [2.45, 2.75) is 39.5 Å². The number of benzene rings is 4. The van der Waals surface area contributed by atoms with Crippen molar-refractivity contribution in [2.75, 3.05) is 0 Å². The van der Waals surface area contributed by atoms with Crippen LogP contribution >= 0.6 is 0 Å². The maximum absolute atomic E-state index is 11.4. The number of carbonyl (C=O) groups excluding carboxylic acids is 1. The van der Waals surface area contributed by atoms with Gasteiger partial charge in [0.05, 0.1) is 5.91 Å². The van der Waals surface area contributed by atoms with Crippen LogP contribution in [0.2, 0.25) is 0 Å². The standard InChI is InChI=1S/C13H19NO.C12H10Si.C9H7.2ClH.Zr/c1-8(2)10-6-5-7-11(9(3)4)12(10)13(14)15;1-3-7-11(8-4-1)13-12-9-5-2-6-10-12;1-2-5-9-7-3-6-8(9)4-1;;;/h5-9H,1-4H3,(H2,14,15);1-10H;1-7H;2*1H;/q;;-1;;;+4/p-3. The minimum absolute atomic E-state index is 0. The van der Waals surface area contributed by atoms with Gasteiger partial charge in [-0.3, -0.25) is 0 Å². The van der Waals surface area contributed by atoms with Crippen molar-refractivity contribution < 1.29 is 55.8 Å². The van der Waals surface area contributed by atoms with Crippen LogP contribution in [-0.2, 0) is 26.2 Å². The monoisotopic (exact) mass is 661 g/mol. The molecule has 5 rings (SSSR count). The SMILES string of the molecule is CC(C)c1cccc(C(C)C)c1C([NH-])=O.[Cl-].[Cl-].[Zr+4].c1ccc([Si]c2ccccc2)cc1.c1ccc2[cH-]ccc2c1. The van der Waals surface area contributed by atoms with Crippen LogP contribution in [0.4, 0.5) is 0 Å². The molecule has 5 aromatic carbocycles. The molecular formula is C34H35Cl2NOSiZr. The second-order valence-electron chi connectivity index (χ2n) is 9.46. The van der Waals surface area contributed by atoms with Crippen LogP contribution in [0.3, 0.4) is 0 Å². The fourth-order valence-electron chi connectivity index (χ4n) is 4.09. The number of carbonyl (C=O) groups is 1. The average Bonchev–Trinajstić information content (AvgIpc) is 3.39. The van der Waals surface area contributed by atoms with Crippen LogP contribution in [0, 0.1) is 0 Å². The molecule has 204 valence electrons. The van der Waals surface area contributed by atoms with Gasteiger partial charge in [-0.25, -0.2) is 0 Å². The minimum Gasteiger partial charge on any atom is -1.00 e. The van der Waals surface area contributed by atoms with Crippen molar-refractivity contribution in [3.05, 3.63) is 144 Å². The molecule has 0 aliphatic rings. The third kappa shape index (κ3) is 11.6. The van der Waals surface area contributed by atoms with Gasteiger partial charge in [0, 0.05) is 5.56 Å². The van der Waals surface area contributed by atoms with Gasteiger partial charge in [-0.05, 0) is 23.0 Å². The van der Waals surface area contributed by atoms with E-state index in [2.05, 4.69) is 103 Å². The van der Waals surface area contributed by atoms with E-state index in [1.54, 1.807) is 0 Å². The number of hydrogen-bond acceptors (Lipinski definition) is 1. The maximum atomic E-state index is 11.4. The molecule has 0 heterocycles. The number of fused-ring (bicyclic) bond motifs is 1. The molecule has 0 unspecified atom stereocenters. The number of amides is 1.